The molecule has 196 valence electrons. The molecular formula is C34H37NO3. The highest BCUT2D eigenvalue weighted by Gasteiger charge is 2.62. The Labute approximate surface area is 225 Å². The van der Waals surface area contributed by atoms with Gasteiger partial charge in [-0.2, -0.15) is 5.26 Å². The van der Waals surface area contributed by atoms with Crippen molar-refractivity contribution in [1.29, 1.82) is 5.26 Å². The molecule has 2 aromatic rings. The van der Waals surface area contributed by atoms with E-state index in [0.29, 0.717) is 36.7 Å². The summed E-state index contributed by atoms with van der Waals surface area (Å²) < 4.78 is 0. The molecule has 0 aromatic heterocycles. The zero-order valence-corrected chi connectivity index (χ0v) is 22.2. The highest BCUT2D eigenvalue weighted by molar-refractivity contribution is 5.93. The Bertz CT molecular complexity index is 1350. The van der Waals surface area contributed by atoms with E-state index < -0.39 is 5.60 Å². The van der Waals surface area contributed by atoms with Gasteiger partial charge in [-0.15, -0.1) is 0 Å². The molecular weight excluding hydrogens is 470 g/mol. The van der Waals surface area contributed by atoms with Crippen molar-refractivity contribution >= 4 is 5.78 Å². The van der Waals surface area contributed by atoms with Crippen LogP contribution in [0.1, 0.15) is 81.8 Å². The molecule has 0 radical (unpaired) electrons. The Morgan fingerprint density at radius 3 is 2.39 bits per heavy atom. The molecule has 4 aliphatic carbocycles. The number of nitrogens with zero attached hydrogens (tertiary/aromatic N) is 1. The molecule has 0 heterocycles. The molecule has 2 fully saturated rings. The van der Waals surface area contributed by atoms with Crippen LogP contribution < -0.4 is 0 Å². The number of ketones is 1. The summed E-state index contributed by atoms with van der Waals surface area (Å²) in [6, 6.07) is 18.8. The van der Waals surface area contributed by atoms with Crippen LogP contribution in [0.3, 0.4) is 0 Å². The van der Waals surface area contributed by atoms with Crippen molar-refractivity contribution in [2.75, 3.05) is 6.61 Å². The smallest absolute Gasteiger partial charge is 0.156 e. The molecule has 0 aliphatic heterocycles. The SMILES string of the molecule is C[C@@]12C[C@H](c3ccc(-c4ccc(C#N)cc4)cc3)C3=C4CCC(=O)C=C4CC[C@H]3[C@@H]1CC[C@]2(O)CCCO. The summed E-state index contributed by atoms with van der Waals surface area (Å²) in [7, 11) is 0. The van der Waals surface area contributed by atoms with E-state index >= 15 is 0 Å². The van der Waals surface area contributed by atoms with Gasteiger partial charge in [0.05, 0.1) is 17.2 Å². The average Bonchev–Trinajstić information content (AvgIpc) is 3.21. The Morgan fingerprint density at radius 1 is 1.00 bits per heavy atom. The fourth-order valence-electron chi connectivity index (χ4n) is 8.48. The first-order valence-electron chi connectivity index (χ1n) is 14.3. The van der Waals surface area contributed by atoms with Gasteiger partial charge in [0, 0.05) is 24.4 Å². The topological polar surface area (TPSA) is 81.3 Å². The molecule has 0 unspecified atom stereocenters. The molecule has 0 bridgehead atoms. The van der Waals surface area contributed by atoms with Crippen molar-refractivity contribution in [2.45, 2.75) is 76.2 Å². The van der Waals surface area contributed by atoms with E-state index in [9.17, 15) is 15.0 Å². The second kappa shape index (κ2) is 9.63. The first kappa shape index (κ1) is 25.3. The van der Waals surface area contributed by atoms with Crippen LogP contribution in [0.15, 0.2) is 71.3 Å². The van der Waals surface area contributed by atoms with E-state index in [0.717, 1.165) is 49.7 Å². The fourth-order valence-corrected chi connectivity index (χ4v) is 8.48. The van der Waals surface area contributed by atoms with Gasteiger partial charge in [0.15, 0.2) is 5.78 Å². The summed E-state index contributed by atoms with van der Waals surface area (Å²) in [5, 5.41) is 30.7. The highest BCUT2D eigenvalue weighted by Crippen LogP contribution is 2.67. The van der Waals surface area contributed by atoms with Crippen LogP contribution in [0.4, 0.5) is 0 Å². The van der Waals surface area contributed by atoms with Crippen LogP contribution >= 0.6 is 0 Å². The third-order valence-corrected chi connectivity index (χ3v) is 10.5. The summed E-state index contributed by atoms with van der Waals surface area (Å²) in [6.07, 6.45) is 9.38. The molecule has 2 aromatic carbocycles. The van der Waals surface area contributed by atoms with Gasteiger partial charge in [-0.05, 0) is 109 Å². The monoisotopic (exact) mass is 507 g/mol. The van der Waals surface area contributed by atoms with Gasteiger partial charge in [0.1, 0.15) is 0 Å². The van der Waals surface area contributed by atoms with Crippen molar-refractivity contribution in [3.8, 4) is 17.2 Å². The maximum absolute atomic E-state index is 12.3. The first-order valence-corrected chi connectivity index (χ1v) is 14.3. The molecule has 5 atom stereocenters. The van der Waals surface area contributed by atoms with Crippen LogP contribution in [0.2, 0.25) is 0 Å². The Hall–Kier alpha value is -3.00. The van der Waals surface area contributed by atoms with Crippen molar-refractivity contribution in [3.05, 3.63) is 82.5 Å². The van der Waals surface area contributed by atoms with E-state index in [2.05, 4.69) is 37.3 Å². The molecule has 0 spiro atoms. The molecule has 2 N–H and O–H groups in total. The number of rotatable bonds is 5. The second-order valence-electron chi connectivity index (χ2n) is 12.2. The van der Waals surface area contributed by atoms with Gasteiger partial charge < -0.3 is 10.2 Å². The van der Waals surface area contributed by atoms with Crippen molar-refractivity contribution in [3.63, 3.8) is 0 Å². The van der Waals surface area contributed by atoms with Crippen LogP contribution in [0.5, 0.6) is 0 Å². The van der Waals surface area contributed by atoms with Gasteiger partial charge in [-0.3, -0.25) is 4.79 Å². The summed E-state index contributed by atoms with van der Waals surface area (Å²) in [5.41, 5.74) is 7.41. The zero-order valence-electron chi connectivity index (χ0n) is 22.2. The van der Waals surface area contributed by atoms with Crippen LogP contribution in [0, 0.1) is 28.6 Å². The van der Waals surface area contributed by atoms with E-state index in [1.807, 2.05) is 30.3 Å². The van der Waals surface area contributed by atoms with Crippen molar-refractivity contribution in [2.24, 2.45) is 17.3 Å². The van der Waals surface area contributed by atoms with Gasteiger partial charge >= 0.3 is 0 Å². The number of aliphatic hydroxyl groups excluding tert-OH is 1. The predicted molar refractivity (Wildman–Crippen MR) is 148 cm³/mol. The largest absolute Gasteiger partial charge is 0.396 e. The average molecular weight is 508 g/mol. The minimum Gasteiger partial charge on any atom is -0.396 e. The summed E-state index contributed by atoms with van der Waals surface area (Å²) in [4.78, 5) is 12.3. The Balaban J connectivity index is 1.43. The van der Waals surface area contributed by atoms with E-state index in [1.54, 1.807) is 0 Å². The maximum Gasteiger partial charge on any atom is 0.156 e. The number of carbonyl (C=O) groups is 1. The molecule has 4 aliphatic rings. The molecule has 38 heavy (non-hydrogen) atoms. The number of nitriles is 1. The van der Waals surface area contributed by atoms with E-state index in [4.69, 9.17) is 5.26 Å². The predicted octanol–water partition coefficient (Wildman–Crippen LogP) is 6.63. The first-order chi connectivity index (χ1) is 18.4. The molecule has 4 nitrogen and oxygen atoms in total. The number of allylic oxidation sites excluding steroid dienone is 4. The summed E-state index contributed by atoms with van der Waals surface area (Å²) >= 11 is 0. The Kier molecular flexibility index (Phi) is 6.41. The summed E-state index contributed by atoms with van der Waals surface area (Å²) in [6.45, 7) is 2.43. The van der Waals surface area contributed by atoms with Crippen LogP contribution in [0.25, 0.3) is 11.1 Å². The number of carbonyl (C=O) groups excluding carboxylic acids is 1. The third-order valence-electron chi connectivity index (χ3n) is 10.5. The van der Waals surface area contributed by atoms with Crippen LogP contribution in [-0.2, 0) is 4.79 Å². The lowest BCUT2D eigenvalue weighted by Crippen LogP contribution is -2.51. The van der Waals surface area contributed by atoms with Crippen molar-refractivity contribution in [1.82, 2.24) is 0 Å². The normalized spacial score (nSPS) is 32.2. The number of benzene rings is 2. The Morgan fingerprint density at radius 2 is 1.71 bits per heavy atom. The lowest BCUT2D eigenvalue weighted by Gasteiger charge is -2.55. The summed E-state index contributed by atoms with van der Waals surface area (Å²) in [5.74, 6) is 1.33. The number of hydrogen-bond acceptors (Lipinski definition) is 4. The van der Waals surface area contributed by atoms with Crippen molar-refractivity contribution < 1.29 is 15.0 Å². The maximum atomic E-state index is 12.3. The standard InChI is InChI=1S/C34H37NO3/c1-33-20-30(25-9-7-24(8-10-25)23-5-3-22(21-35)4-6-23)32-28-14-12-27(37)19-26(28)11-13-29(32)31(33)15-17-34(33,38)16-2-18-36/h3-10,19,29-31,36,38H,2,11-18,20H2,1H3/t29-,30+,31-,33+,34+/m0/s1. The van der Waals surface area contributed by atoms with Crippen LogP contribution in [-0.4, -0.2) is 28.2 Å². The second-order valence-corrected chi connectivity index (χ2v) is 12.2. The highest BCUT2D eigenvalue weighted by atomic mass is 16.3. The minimum atomic E-state index is -0.754. The van der Waals surface area contributed by atoms with Gasteiger partial charge in [0.25, 0.3) is 0 Å². The molecule has 2 saturated carbocycles. The quantitative estimate of drug-likeness (QED) is 0.476. The molecule has 6 rings (SSSR count). The molecule has 0 amide bonds. The lowest BCUT2D eigenvalue weighted by molar-refractivity contribution is -0.114. The number of aliphatic hydroxyl groups is 2. The number of fused-ring (bicyclic) bond motifs is 4. The fraction of sp³-hybridized carbons (Fsp3) is 0.471. The molecule has 4 heteroatoms. The molecule has 0 saturated heterocycles. The van der Waals surface area contributed by atoms with E-state index in [-0.39, 0.29) is 23.7 Å². The van der Waals surface area contributed by atoms with E-state index in [1.165, 1.54) is 22.3 Å². The van der Waals surface area contributed by atoms with Gasteiger partial charge in [-0.1, -0.05) is 48.9 Å². The number of hydrogen-bond donors (Lipinski definition) is 2. The lowest BCUT2D eigenvalue weighted by atomic mass is 9.51. The van der Waals surface area contributed by atoms with Gasteiger partial charge in [-0.25, -0.2) is 0 Å². The van der Waals surface area contributed by atoms with Gasteiger partial charge in [0.2, 0.25) is 0 Å². The third kappa shape index (κ3) is 3.99. The minimum absolute atomic E-state index is 0.115. The zero-order chi connectivity index (χ0) is 26.5.